The van der Waals surface area contributed by atoms with Crippen LogP contribution in [0.5, 0.6) is 5.75 Å². The molecule has 2 aromatic rings. The molecule has 0 fully saturated rings. The van der Waals surface area contributed by atoms with Crippen LogP contribution in [0.2, 0.25) is 0 Å². The number of guanidine groups is 1. The van der Waals surface area contributed by atoms with Gasteiger partial charge in [0.15, 0.2) is 5.96 Å². The second kappa shape index (κ2) is 12.6. The molecule has 2 rings (SSSR count). The van der Waals surface area contributed by atoms with E-state index in [1.54, 1.807) is 6.20 Å². The van der Waals surface area contributed by atoms with Gasteiger partial charge in [0.05, 0.1) is 6.54 Å². The Balaban J connectivity index is 0.00000288. The Bertz CT molecular complexity index is 578. The van der Waals surface area contributed by atoms with Crippen LogP contribution in [-0.2, 0) is 6.42 Å². The van der Waals surface area contributed by atoms with Crippen molar-refractivity contribution >= 4 is 29.9 Å². The number of nitrogens with one attached hydrogen (secondary N) is 2. The van der Waals surface area contributed by atoms with Crippen molar-refractivity contribution in [3.8, 4) is 5.75 Å². The molecule has 0 aliphatic carbocycles. The smallest absolute Gasteiger partial charge is 0.191 e. The molecule has 1 heterocycles. The second-order valence-electron chi connectivity index (χ2n) is 4.96. The van der Waals surface area contributed by atoms with E-state index in [1.807, 2.05) is 42.6 Å². The number of halogens is 1. The molecule has 1 aromatic carbocycles. The Morgan fingerprint density at radius 1 is 1.12 bits per heavy atom. The van der Waals surface area contributed by atoms with Crippen LogP contribution in [0.4, 0.5) is 0 Å². The molecule has 24 heavy (non-hydrogen) atoms. The highest BCUT2D eigenvalue weighted by Crippen LogP contribution is 2.07. The molecule has 0 spiro atoms. The van der Waals surface area contributed by atoms with Crippen LogP contribution in [0, 0.1) is 0 Å². The van der Waals surface area contributed by atoms with Gasteiger partial charge in [-0.2, -0.15) is 0 Å². The van der Waals surface area contributed by atoms with Crippen LogP contribution in [0.1, 0.15) is 12.5 Å². The molecule has 0 saturated carbocycles. The van der Waals surface area contributed by atoms with E-state index in [0.29, 0.717) is 13.2 Å². The van der Waals surface area contributed by atoms with Gasteiger partial charge in [0.1, 0.15) is 12.4 Å². The van der Waals surface area contributed by atoms with E-state index in [2.05, 4.69) is 33.6 Å². The first-order valence-corrected chi connectivity index (χ1v) is 7.97. The molecule has 6 heteroatoms. The number of rotatable bonds is 8. The van der Waals surface area contributed by atoms with Gasteiger partial charge in [0.25, 0.3) is 0 Å². The van der Waals surface area contributed by atoms with Gasteiger partial charge in [-0.05, 0) is 37.1 Å². The van der Waals surface area contributed by atoms with Crippen molar-refractivity contribution in [1.82, 2.24) is 15.6 Å². The zero-order chi connectivity index (χ0) is 16.2. The molecule has 0 saturated heterocycles. The molecule has 0 bridgehead atoms. The third-order valence-electron chi connectivity index (χ3n) is 3.14. The topological polar surface area (TPSA) is 58.5 Å². The zero-order valence-electron chi connectivity index (χ0n) is 13.9. The summed E-state index contributed by atoms with van der Waals surface area (Å²) in [5.41, 5.74) is 1.19. The highest BCUT2D eigenvalue weighted by Gasteiger charge is 1.98. The lowest BCUT2D eigenvalue weighted by Crippen LogP contribution is -2.39. The molecule has 0 unspecified atom stereocenters. The number of pyridine rings is 1. The SMILES string of the molecule is CCNC(=NCCc1cccnc1)NCCOc1ccccc1.I. The summed E-state index contributed by atoms with van der Waals surface area (Å²) in [6, 6.07) is 13.8. The predicted molar refractivity (Wildman–Crippen MR) is 109 cm³/mol. The summed E-state index contributed by atoms with van der Waals surface area (Å²) in [7, 11) is 0. The lowest BCUT2D eigenvalue weighted by molar-refractivity contribution is 0.322. The maximum Gasteiger partial charge on any atom is 0.191 e. The van der Waals surface area contributed by atoms with Crippen molar-refractivity contribution in [2.75, 3.05) is 26.2 Å². The minimum absolute atomic E-state index is 0. The Labute approximate surface area is 161 Å². The summed E-state index contributed by atoms with van der Waals surface area (Å²) in [6.07, 6.45) is 4.54. The zero-order valence-corrected chi connectivity index (χ0v) is 16.3. The van der Waals surface area contributed by atoms with E-state index in [0.717, 1.165) is 31.2 Å². The summed E-state index contributed by atoms with van der Waals surface area (Å²) < 4.78 is 5.65. The van der Waals surface area contributed by atoms with Gasteiger partial charge in [0.2, 0.25) is 0 Å². The first-order valence-electron chi connectivity index (χ1n) is 7.97. The standard InChI is InChI=1S/C18H24N4O.HI/c1-2-20-18(21-12-10-16-7-6-11-19-15-16)22-13-14-23-17-8-4-3-5-9-17;/h3-9,11,15H,2,10,12-14H2,1H3,(H2,20,21,22);1H. The normalized spacial score (nSPS) is 10.6. The lowest BCUT2D eigenvalue weighted by Gasteiger charge is -2.12. The number of nitrogens with zero attached hydrogens (tertiary/aromatic N) is 2. The maximum absolute atomic E-state index is 5.65. The summed E-state index contributed by atoms with van der Waals surface area (Å²) in [4.78, 5) is 8.68. The summed E-state index contributed by atoms with van der Waals surface area (Å²) in [5, 5.41) is 6.51. The van der Waals surface area contributed by atoms with E-state index < -0.39 is 0 Å². The van der Waals surface area contributed by atoms with E-state index in [-0.39, 0.29) is 24.0 Å². The molecule has 0 atom stereocenters. The van der Waals surface area contributed by atoms with Gasteiger partial charge in [-0.15, -0.1) is 24.0 Å². The fourth-order valence-corrected chi connectivity index (χ4v) is 2.04. The van der Waals surface area contributed by atoms with E-state index in [9.17, 15) is 0 Å². The van der Waals surface area contributed by atoms with Crippen molar-refractivity contribution in [3.05, 3.63) is 60.4 Å². The summed E-state index contributed by atoms with van der Waals surface area (Å²) >= 11 is 0. The van der Waals surface area contributed by atoms with E-state index >= 15 is 0 Å². The monoisotopic (exact) mass is 440 g/mol. The number of aliphatic imine (C=N–C) groups is 1. The van der Waals surface area contributed by atoms with Crippen molar-refractivity contribution in [2.24, 2.45) is 4.99 Å². The molecule has 1 aromatic heterocycles. The molecule has 2 N–H and O–H groups in total. The van der Waals surface area contributed by atoms with Crippen LogP contribution >= 0.6 is 24.0 Å². The van der Waals surface area contributed by atoms with Crippen LogP contribution in [0.15, 0.2) is 59.9 Å². The Morgan fingerprint density at radius 2 is 1.96 bits per heavy atom. The number of ether oxygens (including phenoxy) is 1. The first-order chi connectivity index (χ1) is 11.4. The molecule has 130 valence electrons. The van der Waals surface area contributed by atoms with Crippen molar-refractivity contribution in [1.29, 1.82) is 0 Å². The minimum Gasteiger partial charge on any atom is -0.492 e. The average Bonchev–Trinajstić information content (AvgIpc) is 2.60. The van der Waals surface area contributed by atoms with Crippen LogP contribution in [0.25, 0.3) is 0 Å². The summed E-state index contributed by atoms with van der Waals surface area (Å²) in [6.45, 7) is 4.91. The number of hydrogen-bond acceptors (Lipinski definition) is 3. The van der Waals surface area contributed by atoms with Crippen LogP contribution in [-0.4, -0.2) is 37.2 Å². The van der Waals surface area contributed by atoms with Gasteiger partial charge in [-0.3, -0.25) is 9.98 Å². The molecule has 0 aliphatic rings. The number of aromatic nitrogens is 1. The Morgan fingerprint density at radius 3 is 2.67 bits per heavy atom. The highest BCUT2D eigenvalue weighted by atomic mass is 127. The molecular weight excluding hydrogens is 415 g/mol. The van der Waals surface area contributed by atoms with Crippen molar-refractivity contribution < 1.29 is 4.74 Å². The van der Waals surface area contributed by atoms with Crippen LogP contribution in [0.3, 0.4) is 0 Å². The molecule has 0 amide bonds. The molecule has 5 nitrogen and oxygen atoms in total. The first kappa shape index (κ1) is 20.2. The largest absolute Gasteiger partial charge is 0.492 e. The minimum atomic E-state index is 0. The molecule has 0 radical (unpaired) electrons. The number of para-hydroxylation sites is 1. The maximum atomic E-state index is 5.65. The van der Waals surface area contributed by atoms with Gasteiger partial charge < -0.3 is 15.4 Å². The average molecular weight is 440 g/mol. The van der Waals surface area contributed by atoms with Gasteiger partial charge >= 0.3 is 0 Å². The molecular formula is C18H25IN4O. The third-order valence-corrected chi connectivity index (χ3v) is 3.14. The lowest BCUT2D eigenvalue weighted by atomic mass is 10.2. The van der Waals surface area contributed by atoms with Gasteiger partial charge in [-0.1, -0.05) is 24.3 Å². The van der Waals surface area contributed by atoms with Crippen LogP contribution < -0.4 is 15.4 Å². The fraction of sp³-hybridized carbons (Fsp3) is 0.333. The van der Waals surface area contributed by atoms with Gasteiger partial charge in [0, 0.05) is 25.5 Å². The van der Waals surface area contributed by atoms with E-state index in [4.69, 9.17) is 4.74 Å². The quantitative estimate of drug-likeness (QED) is 0.287. The van der Waals surface area contributed by atoms with Gasteiger partial charge in [-0.25, -0.2) is 0 Å². The second-order valence-corrected chi connectivity index (χ2v) is 4.96. The number of benzene rings is 1. The predicted octanol–water partition coefficient (Wildman–Crippen LogP) is 2.88. The van der Waals surface area contributed by atoms with Crippen molar-refractivity contribution in [3.63, 3.8) is 0 Å². The molecule has 0 aliphatic heterocycles. The number of hydrogen-bond donors (Lipinski definition) is 2. The third kappa shape index (κ3) is 8.14. The highest BCUT2D eigenvalue weighted by molar-refractivity contribution is 14.0. The van der Waals surface area contributed by atoms with E-state index in [1.165, 1.54) is 5.56 Å². The Kier molecular flexibility index (Phi) is 10.6. The van der Waals surface area contributed by atoms with Crippen molar-refractivity contribution in [2.45, 2.75) is 13.3 Å². The summed E-state index contributed by atoms with van der Waals surface area (Å²) in [5.74, 6) is 1.70. The Hall–Kier alpha value is -1.83. The fourth-order valence-electron chi connectivity index (χ4n) is 2.04.